The molecule has 1 heterocycles. The van der Waals surface area contributed by atoms with E-state index in [0.717, 1.165) is 33.8 Å². The highest BCUT2D eigenvalue weighted by atomic mass is 14.8. The Balaban J connectivity index is 2.02. The van der Waals surface area contributed by atoms with E-state index in [0.29, 0.717) is 0 Å². The van der Waals surface area contributed by atoms with Crippen LogP contribution < -0.4 is 0 Å². The number of rotatable bonds is 3. The molecule has 0 aliphatic heterocycles. The van der Waals surface area contributed by atoms with Gasteiger partial charge in [0.15, 0.2) is 0 Å². The van der Waals surface area contributed by atoms with Crippen molar-refractivity contribution in [2.45, 2.75) is 55.4 Å². The van der Waals surface area contributed by atoms with Crippen LogP contribution in [0.15, 0.2) is 48.7 Å². The first-order chi connectivity index (χ1) is 15.1. The van der Waals surface area contributed by atoms with Gasteiger partial charge in [-0.25, -0.2) is 4.98 Å². The van der Waals surface area contributed by atoms with E-state index in [2.05, 4.69) is 97.9 Å². The minimum atomic E-state index is 0.927. The standard InChI is InChI=1S/C30H32N2/c1-17-9-18(2)12-25(11-17)29-30(26-13-19(3)10-20(4)14-26)32-28(16-31-29)27-15-21(5)22(6)23(7)24(27)8/h9-16H,1-8H3. The van der Waals surface area contributed by atoms with Crippen LogP contribution >= 0.6 is 0 Å². The number of benzene rings is 3. The summed E-state index contributed by atoms with van der Waals surface area (Å²) in [7, 11) is 0. The predicted molar refractivity (Wildman–Crippen MR) is 136 cm³/mol. The second-order valence-corrected chi connectivity index (χ2v) is 9.32. The molecule has 1 aromatic heterocycles. The van der Waals surface area contributed by atoms with Gasteiger partial charge < -0.3 is 0 Å². The lowest BCUT2D eigenvalue weighted by atomic mass is 9.92. The SMILES string of the molecule is Cc1cc(C)cc(-c2ncc(-c3cc(C)c(C)c(C)c3C)nc2-c2cc(C)cc(C)c2)c1. The van der Waals surface area contributed by atoms with Crippen LogP contribution in [0, 0.1) is 55.4 Å². The summed E-state index contributed by atoms with van der Waals surface area (Å²) in [4.78, 5) is 10.2. The van der Waals surface area contributed by atoms with E-state index in [1.165, 1.54) is 44.5 Å². The molecule has 0 aliphatic carbocycles. The molecule has 4 rings (SSSR count). The Morgan fingerprint density at radius 1 is 0.500 bits per heavy atom. The molecule has 0 bridgehead atoms. The maximum atomic E-state index is 5.24. The first-order valence-electron chi connectivity index (χ1n) is 11.3. The number of hydrogen-bond donors (Lipinski definition) is 0. The third kappa shape index (κ3) is 4.10. The quantitative estimate of drug-likeness (QED) is 0.336. The molecule has 0 unspecified atom stereocenters. The van der Waals surface area contributed by atoms with Crippen LogP contribution in [0.3, 0.4) is 0 Å². The molecule has 0 radical (unpaired) electrons. The van der Waals surface area contributed by atoms with E-state index < -0.39 is 0 Å². The van der Waals surface area contributed by atoms with Crippen LogP contribution in [-0.2, 0) is 0 Å². The van der Waals surface area contributed by atoms with Gasteiger partial charge in [-0.1, -0.05) is 34.4 Å². The second kappa shape index (κ2) is 8.35. The lowest BCUT2D eigenvalue weighted by Crippen LogP contribution is -2.00. The van der Waals surface area contributed by atoms with Gasteiger partial charge in [-0.15, -0.1) is 0 Å². The summed E-state index contributed by atoms with van der Waals surface area (Å²) in [5, 5.41) is 0. The second-order valence-electron chi connectivity index (χ2n) is 9.32. The van der Waals surface area contributed by atoms with Crippen molar-refractivity contribution < 1.29 is 0 Å². The van der Waals surface area contributed by atoms with E-state index >= 15 is 0 Å². The van der Waals surface area contributed by atoms with Gasteiger partial charge in [-0.2, -0.15) is 0 Å². The van der Waals surface area contributed by atoms with E-state index in [4.69, 9.17) is 9.97 Å². The van der Waals surface area contributed by atoms with Crippen LogP contribution in [0.2, 0.25) is 0 Å². The number of aromatic nitrogens is 2. The highest BCUT2D eigenvalue weighted by Crippen LogP contribution is 2.35. The van der Waals surface area contributed by atoms with Gasteiger partial charge >= 0.3 is 0 Å². The molecular formula is C30H32N2. The average molecular weight is 421 g/mol. The van der Waals surface area contributed by atoms with Gasteiger partial charge in [0.05, 0.1) is 23.3 Å². The Hall–Kier alpha value is -3.26. The monoisotopic (exact) mass is 420 g/mol. The van der Waals surface area contributed by atoms with Gasteiger partial charge in [0.2, 0.25) is 0 Å². The van der Waals surface area contributed by atoms with Gasteiger partial charge in [0.1, 0.15) is 0 Å². The average Bonchev–Trinajstić information content (AvgIpc) is 2.73. The molecule has 0 aliphatic rings. The van der Waals surface area contributed by atoms with E-state index in [1.807, 2.05) is 6.20 Å². The highest BCUT2D eigenvalue weighted by Gasteiger charge is 2.17. The zero-order valence-corrected chi connectivity index (χ0v) is 20.5. The molecule has 0 saturated heterocycles. The first kappa shape index (κ1) is 22.0. The lowest BCUT2D eigenvalue weighted by Gasteiger charge is -2.17. The molecule has 0 spiro atoms. The van der Waals surface area contributed by atoms with Gasteiger partial charge in [-0.05, 0) is 108 Å². The Kier molecular flexibility index (Phi) is 5.73. The zero-order valence-electron chi connectivity index (χ0n) is 20.5. The van der Waals surface area contributed by atoms with Crippen molar-refractivity contribution in [2.75, 3.05) is 0 Å². The van der Waals surface area contributed by atoms with Crippen LogP contribution in [0.5, 0.6) is 0 Å². The van der Waals surface area contributed by atoms with Gasteiger partial charge in [0, 0.05) is 16.7 Å². The molecule has 0 N–H and O–H groups in total. The molecule has 3 aromatic carbocycles. The third-order valence-corrected chi connectivity index (χ3v) is 6.52. The smallest absolute Gasteiger partial charge is 0.0972 e. The number of nitrogens with zero attached hydrogens (tertiary/aromatic N) is 2. The van der Waals surface area contributed by atoms with E-state index in [-0.39, 0.29) is 0 Å². The fourth-order valence-electron chi connectivity index (χ4n) is 4.63. The summed E-state index contributed by atoms with van der Waals surface area (Å²) < 4.78 is 0. The minimum Gasteiger partial charge on any atom is -0.252 e. The summed E-state index contributed by atoms with van der Waals surface area (Å²) in [6.45, 7) is 17.3. The van der Waals surface area contributed by atoms with Crippen molar-refractivity contribution >= 4 is 0 Å². The summed E-state index contributed by atoms with van der Waals surface area (Å²) in [5.41, 5.74) is 16.4. The van der Waals surface area contributed by atoms with Crippen molar-refractivity contribution in [1.29, 1.82) is 0 Å². The van der Waals surface area contributed by atoms with Crippen LogP contribution in [0.4, 0.5) is 0 Å². The summed E-state index contributed by atoms with van der Waals surface area (Å²) in [5.74, 6) is 0. The molecule has 2 heteroatoms. The zero-order chi connectivity index (χ0) is 23.2. The van der Waals surface area contributed by atoms with Crippen molar-refractivity contribution in [3.63, 3.8) is 0 Å². The van der Waals surface area contributed by atoms with Crippen molar-refractivity contribution in [3.05, 3.63) is 93.2 Å². The summed E-state index contributed by atoms with van der Waals surface area (Å²) in [6, 6.07) is 15.5. The molecule has 4 aromatic rings. The lowest BCUT2D eigenvalue weighted by molar-refractivity contribution is 1.17. The van der Waals surface area contributed by atoms with Crippen molar-refractivity contribution in [2.24, 2.45) is 0 Å². The minimum absolute atomic E-state index is 0.927. The summed E-state index contributed by atoms with van der Waals surface area (Å²) >= 11 is 0. The molecule has 0 fully saturated rings. The van der Waals surface area contributed by atoms with Gasteiger partial charge in [-0.3, -0.25) is 4.98 Å². The Morgan fingerprint density at radius 2 is 1.00 bits per heavy atom. The maximum absolute atomic E-state index is 5.24. The fourth-order valence-corrected chi connectivity index (χ4v) is 4.63. The molecule has 2 nitrogen and oxygen atoms in total. The number of aryl methyl sites for hydroxylation is 5. The molecular weight excluding hydrogens is 388 g/mol. The molecule has 0 atom stereocenters. The normalized spacial score (nSPS) is 11.1. The molecule has 0 saturated carbocycles. The Morgan fingerprint density at radius 3 is 1.53 bits per heavy atom. The van der Waals surface area contributed by atoms with Crippen molar-refractivity contribution in [3.8, 4) is 33.8 Å². The van der Waals surface area contributed by atoms with Crippen molar-refractivity contribution in [1.82, 2.24) is 9.97 Å². The Labute approximate surface area is 192 Å². The van der Waals surface area contributed by atoms with Gasteiger partial charge in [0.25, 0.3) is 0 Å². The topological polar surface area (TPSA) is 25.8 Å². The number of hydrogen-bond acceptors (Lipinski definition) is 2. The van der Waals surface area contributed by atoms with Crippen LogP contribution in [-0.4, -0.2) is 9.97 Å². The molecule has 0 amide bonds. The largest absolute Gasteiger partial charge is 0.252 e. The van der Waals surface area contributed by atoms with Crippen LogP contribution in [0.25, 0.3) is 33.8 Å². The third-order valence-electron chi connectivity index (χ3n) is 6.52. The molecule has 162 valence electrons. The first-order valence-corrected chi connectivity index (χ1v) is 11.3. The highest BCUT2D eigenvalue weighted by molar-refractivity contribution is 5.81. The van der Waals surface area contributed by atoms with E-state index in [9.17, 15) is 0 Å². The fraction of sp³-hybridized carbons (Fsp3) is 0.267. The summed E-state index contributed by atoms with van der Waals surface area (Å²) in [6.07, 6.45) is 1.94. The Bertz CT molecular complexity index is 1310. The van der Waals surface area contributed by atoms with E-state index in [1.54, 1.807) is 0 Å². The van der Waals surface area contributed by atoms with Crippen LogP contribution in [0.1, 0.15) is 44.5 Å². The maximum Gasteiger partial charge on any atom is 0.0972 e. The predicted octanol–water partition coefficient (Wildman–Crippen LogP) is 7.94. The molecule has 32 heavy (non-hydrogen) atoms.